The number of carbonyl (C=O) groups excluding carboxylic acids is 2. The van der Waals surface area contributed by atoms with E-state index in [4.69, 9.17) is 0 Å². The van der Waals surface area contributed by atoms with E-state index in [1.807, 2.05) is 12.1 Å². The van der Waals surface area contributed by atoms with E-state index < -0.39 is 0 Å². The molecule has 20 heavy (non-hydrogen) atoms. The summed E-state index contributed by atoms with van der Waals surface area (Å²) in [4.78, 5) is 22.8. The summed E-state index contributed by atoms with van der Waals surface area (Å²) in [7, 11) is 1.39. The first-order chi connectivity index (χ1) is 9.54. The molecule has 1 aromatic carbocycles. The molecule has 0 fully saturated rings. The fourth-order valence-electron chi connectivity index (χ4n) is 1.64. The molecule has 0 spiro atoms. The Hall–Kier alpha value is -0.880. The fourth-order valence-corrected chi connectivity index (χ4v) is 2.87. The molecular weight excluding hydrogens is 390 g/mol. The number of benzene rings is 1. The molecule has 1 aromatic rings. The first-order valence-corrected chi connectivity index (χ1v) is 7.93. The Labute approximate surface area is 135 Å². The van der Waals surface area contributed by atoms with Gasteiger partial charge in [0.2, 0.25) is 0 Å². The highest BCUT2D eigenvalue weighted by Crippen LogP contribution is 2.21. The zero-order chi connectivity index (χ0) is 15.0. The molecule has 6 heteroatoms. The molecule has 1 rings (SSSR count). The Bertz CT molecular complexity index is 477. The minimum Gasteiger partial charge on any atom is -0.469 e. The van der Waals surface area contributed by atoms with Crippen molar-refractivity contribution in [2.24, 2.45) is 0 Å². The molecular formula is C14H17Br2NO3. The zero-order valence-corrected chi connectivity index (χ0v) is 14.4. The summed E-state index contributed by atoms with van der Waals surface area (Å²) in [5.74, 6) is -0.287. The molecule has 0 saturated heterocycles. The molecule has 0 unspecified atom stereocenters. The van der Waals surface area contributed by atoms with Crippen LogP contribution < -0.4 is 5.32 Å². The number of unbranched alkanes of at least 4 members (excludes halogenated alkanes) is 2. The second-order valence-corrected chi connectivity index (χ2v) is 6.04. The molecule has 0 aliphatic heterocycles. The molecule has 0 saturated carbocycles. The third-order valence-electron chi connectivity index (χ3n) is 2.75. The molecule has 4 nitrogen and oxygen atoms in total. The number of methoxy groups -OCH3 is 1. The molecule has 0 bridgehead atoms. The Morgan fingerprint density at radius 3 is 2.60 bits per heavy atom. The lowest BCUT2D eigenvalue weighted by molar-refractivity contribution is -0.140. The van der Waals surface area contributed by atoms with E-state index in [-0.39, 0.29) is 11.9 Å². The van der Waals surface area contributed by atoms with Crippen molar-refractivity contribution in [1.29, 1.82) is 0 Å². The Kier molecular flexibility index (Phi) is 7.84. The maximum absolute atomic E-state index is 11.9. The topological polar surface area (TPSA) is 55.4 Å². The van der Waals surface area contributed by atoms with E-state index in [9.17, 15) is 9.59 Å². The minimum absolute atomic E-state index is 0.0997. The van der Waals surface area contributed by atoms with Crippen LogP contribution in [0.2, 0.25) is 0 Å². The van der Waals surface area contributed by atoms with Crippen molar-refractivity contribution in [1.82, 2.24) is 5.32 Å². The van der Waals surface area contributed by atoms with Crippen molar-refractivity contribution < 1.29 is 14.3 Å². The van der Waals surface area contributed by atoms with Crippen LogP contribution in [-0.4, -0.2) is 25.5 Å². The summed E-state index contributed by atoms with van der Waals surface area (Å²) in [6.07, 6.45) is 2.95. The van der Waals surface area contributed by atoms with Crippen molar-refractivity contribution in [3.63, 3.8) is 0 Å². The predicted octanol–water partition coefficient (Wildman–Crippen LogP) is 3.67. The van der Waals surface area contributed by atoms with Gasteiger partial charge in [-0.25, -0.2) is 0 Å². The summed E-state index contributed by atoms with van der Waals surface area (Å²) in [5.41, 5.74) is 0.614. The van der Waals surface area contributed by atoms with E-state index in [1.54, 1.807) is 6.07 Å². The average Bonchev–Trinajstić information content (AvgIpc) is 2.42. The fraction of sp³-hybridized carbons (Fsp3) is 0.429. The van der Waals surface area contributed by atoms with Gasteiger partial charge in [-0.2, -0.15) is 0 Å². The van der Waals surface area contributed by atoms with E-state index in [1.165, 1.54) is 7.11 Å². The van der Waals surface area contributed by atoms with Gasteiger partial charge < -0.3 is 10.1 Å². The molecule has 0 aliphatic rings. The molecule has 1 amide bonds. The quantitative estimate of drug-likeness (QED) is 0.555. The standard InChI is InChI=1S/C14H17Br2NO3/c1-20-13(18)5-3-2-4-8-17-14(19)11-7-6-10(15)9-12(11)16/h6-7,9H,2-5,8H2,1H3,(H,17,19). The summed E-state index contributed by atoms with van der Waals surface area (Å²) in [6.45, 7) is 0.600. The van der Waals surface area contributed by atoms with Gasteiger partial charge in [0.25, 0.3) is 5.91 Å². The highest BCUT2D eigenvalue weighted by Gasteiger charge is 2.09. The van der Waals surface area contributed by atoms with Crippen LogP contribution in [0.1, 0.15) is 36.0 Å². The molecule has 1 N–H and O–H groups in total. The van der Waals surface area contributed by atoms with Crippen LogP contribution in [-0.2, 0) is 9.53 Å². The largest absolute Gasteiger partial charge is 0.469 e. The summed E-state index contributed by atoms with van der Waals surface area (Å²) in [6, 6.07) is 5.43. The van der Waals surface area contributed by atoms with Gasteiger partial charge in [-0.05, 0) is 47.0 Å². The van der Waals surface area contributed by atoms with E-state index >= 15 is 0 Å². The normalized spacial score (nSPS) is 10.2. The number of halogens is 2. The monoisotopic (exact) mass is 405 g/mol. The third-order valence-corrected chi connectivity index (χ3v) is 3.90. The Morgan fingerprint density at radius 2 is 1.95 bits per heavy atom. The van der Waals surface area contributed by atoms with Gasteiger partial charge in [-0.1, -0.05) is 22.4 Å². The van der Waals surface area contributed by atoms with Crippen molar-refractivity contribution in [2.75, 3.05) is 13.7 Å². The van der Waals surface area contributed by atoms with Gasteiger partial charge in [-0.3, -0.25) is 9.59 Å². The van der Waals surface area contributed by atoms with Crippen LogP contribution in [0.4, 0.5) is 0 Å². The van der Waals surface area contributed by atoms with Crippen LogP contribution in [0.5, 0.6) is 0 Å². The molecule has 0 heterocycles. The van der Waals surface area contributed by atoms with Crippen molar-refractivity contribution in [3.8, 4) is 0 Å². The number of hydrogen-bond donors (Lipinski definition) is 1. The lowest BCUT2D eigenvalue weighted by Gasteiger charge is -2.07. The van der Waals surface area contributed by atoms with Gasteiger partial charge >= 0.3 is 5.97 Å². The second-order valence-electron chi connectivity index (χ2n) is 4.27. The number of nitrogens with one attached hydrogen (secondary N) is 1. The predicted molar refractivity (Wildman–Crippen MR) is 84.7 cm³/mol. The number of amides is 1. The Balaban J connectivity index is 2.25. The van der Waals surface area contributed by atoms with E-state index in [0.717, 1.165) is 28.2 Å². The van der Waals surface area contributed by atoms with Crippen LogP contribution >= 0.6 is 31.9 Å². The van der Waals surface area contributed by atoms with Gasteiger partial charge in [0.1, 0.15) is 0 Å². The van der Waals surface area contributed by atoms with Crippen LogP contribution in [0, 0.1) is 0 Å². The van der Waals surface area contributed by atoms with Crippen LogP contribution in [0.15, 0.2) is 27.1 Å². The molecule has 110 valence electrons. The number of carbonyl (C=O) groups is 2. The van der Waals surface area contributed by atoms with Gasteiger partial charge in [0, 0.05) is 21.9 Å². The highest BCUT2D eigenvalue weighted by molar-refractivity contribution is 9.11. The van der Waals surface area contributed by atoms with Crippen LogP contribution in [0.25, 0.3) is 0 Å². The molecule has 0 aromatic heterocycles. The number of ether oxygens (including phenoxy) is 1. The smallest absolute Gasteiger partial charge is 0.305 e. The zero-order valence-electron chi connectivity index (χ0n) is 11.2. The number of hydrogen-bond acceptors (Lipinski definition) is 3. The third kappa shape index (κ3) is 6.05. The van der Waals surface area contributed by atoms with Crippen molar-refractivity contribution in [3.05, 3.63) is 32.7 Å². The molecule has 0 atom stereocenters. The van der Waals surface area contributed by atoms with E-state index in [0.29, 0.717) is 18.5 Å². The average molecular weight is 407 g/mol. The molecule has 0 radical (unpaired) electrons. The number of esters is 1. The summed E-state index contributed by atoms with van der Waals surface area (Å²) < 4.78 is 6.24. The highest BCUT2D eigenvalue weighted by atomic mass is 79.9. The number of rotatable bonds is 7. The molecule has 0 aliphatic carbocycles. The first kappa shape index (κ1) is 17.2. The lowest BCUT2D eigenvalue weighted by Crippen LogP contribution is -2.24. The second kappa shape index (κ2) is 9.13. The van der Waals surface area contributed by atoms with Crippen molar-refractivity contribution >= 4 is 43.7 Å². The van der Waals surface area contributed by atoms with Crippen molar-refractivity contribution in [2.45, 2.75) is 25.7 Å². The van der Waals surface area contributed by atoms with Gasteiger partial charge in [0.05, 0.1) is 12.7 Å². The maximum Gasteiger partial charge on any atom is 0.305 e. The minimum atomic E-state index is -0.187. The first-order valence-electron chi connectivity index (χ1n) is 6.34. The van der Waals surface area contributed by atoms with Gasteiger partial charge in [0.15, 0.2) is 0 Å². The lowest BCUT2D eigenvalue weighted by atomic mass is 10.2. The van der Waals surface area contributed by atoms with Gasteiger partial charge in [-0.15, -0.1) is 0 Å². The maximum atomic E-state index is 11.9. The van der Waals surface area contributed by atoms with E-state index in [2.05, 4.69) is 41.9 Å². The SMILES string of the molecule is COC(=O)CCCCCNC(=O)c1ccc(Br)cc1Br. The van der Waals surface area contributed by atoms with Crippen LogP contribution in [0.3, 0.4) is 0 Å². The summed E-state index contributed by atoms with van der Waals surface area (Å²) in [5, 5.41) is 2.86. The summed E-state index contributed by atoms with van der Waals surface area (Å²) >= 11 is 6.71. The Morgan fingerprint density at radius 1 is 1.20 bits per heavy atom.